The zero-order valence-corrected chi connectivity index (χ0v) is 7.99. The van der Waals surface area contributed by atoms with Crippen LogP contribution in [-0.2, 0) is 6.42 Å². The third-order valence-corrected chi connectivity index (χ3v) is 2.03. The zero-order chi connectivity index (χ0) is 9.80. The highest BCUT2D eigenvalue weighted by Crippen LogP contribution is 2.19. The van der Waals surface area contributed by atoms with Crippen molar-refractivity contribution < 1.29 is 0 Å². The van der Waals surface area contributed by atoms with Crippen LogP contribution in [-0.4, -0.2) is 9.97 Å². The molecule has 0 aliphatic rings. The Morgan fingerprint density at radius 2 is 2.07 bits per heavy atom. The van der Waals surface area contributed by atoms with E-state index in [4.69, 9.17) is 0 Å². The van der Waals surface area contributed by atoms with E-state index in [9.17, 15) is 0 Å². The monoisotopic (exact) mass is 188 g/mol. The van der Waals surface area contributed by atoms with Gasteiger partial charge in [0.2, 0.25) is 0 Å². The predicted octanol–water partition coefficient (Wildman–Crippen LogP) is 3.32. The number of H-pyrrole nitrogens is 2. The lowest BCUT2D eigenvalue weighted by atomic mass is 10.2. The van der Waals surface area contributed by atoms with Crippen molar-refractivity contribution in [3.8, 4) is 0 Å². The molecule has 0 bridgehead atoms. The van der Waals surface area contributed by atoms with Crippen molar-refractivity contribution in [2.45, 2.75) is 13.3 Å². The van der Waals surface area contributed by atoms with E-state index >= 15 is 0 Å². The number of hydrogen-bond acceptors (Lipinski definition) is 2. The summed E-state index contributed by atoms with van der Waals surface area (Å²) in [5.74, 6) is 1.60. The van der Waals surface area contributed by atoms with E-state index < -0.39 is 0 Å². The molecule has 0 aliphatic carbocycles. The predicted molar refractivity (Wildman–Crippen MR) is 55.1 cm³/mol. The minimum absolute atomic E-state index is 0.765. The maximum Gasteiger partial charge on any atom is 0.155 e. The number of nitrogens with one attached hydrogen (secondary N) is 2. The maximum atomic E-state index is 4.12. The second kappa shape index (κ2) is 3.91. The van der Waals surface area contributed by atoms with Crippen molar-refractivity contribution in [1.29, 1.82) is 0 Å². The van der Waals surface area contributed by atoms with Crippen LogP contribution in [0.2, 0.25) is 0 Å². The largest absolute Gasteiger partial charge is 0.345 e. The van der Waals surface area contributed by atoms with E-state index in [0.29, 0.717) is 0 Å². The van der Waals surface area contributed by atoms with Crippen LogP contribution in [0.15, 0.2) is 40.8 Å². The van der Waals surface area contributed by atoms with Gasteiger partial charge >= 0.3 is 0 Å². The second-order valence-electron chi connectivity index (χ2n) is 2.96. The summed E-state index contributed by atoms with van der Waals surface area (Å²) < 4.78 is 0. The minimum Gasteiger partial charge on any atom is -0.345 e. The van der Waals surface area contributed by atoms with E-state index in [1.165, 1.54) is 5.56 Å². The molecule has 2 heterocycles. The van der Waals surface area contributed by atoms with Crippen LogP contribution in [0.5, 0.6) is 0 Å². The van der Waals surface area contributed by atoms with Crippen molar-refractivity contribution >= 4 is 11.6 Å². The van der Waals surface area contributed by atoms with Gasteiger partial charge in [-0.15, -0.1) is 10.2 Å². The van der Waals surface area contributed by atoms with Crippen LogP contribution in [0.4, 0.5) is 11.6 Å². The molecule has 0 fully saturated rings. The Bertz CT molecular complexity index is 411. The fraction of sp³-hybridized carbons (Fsp3) is 0.200. The summed E-state index contributed by atoms with van der Waals surface area (Å²) in [7, 11) is 0. The molecule has 0 spiro atoms. The Hall–Kier alpha value is -1.84. The molecule has 0 saturated carbocycles. The van der Waals surface area contributed by atoms with E-state index in [0.717, 1.165) is 18.1 Å². The molecule has 2 rings (SSSR count). The fourth-order valence-electron chi connectivity index (χ4n) is 1.26. The topological polar surface area (TPSA) is 56.3 Å². The maximum absolute atomic E-state index is 4.12. The lowest BCUT2D eigenvalue weighted by Crippen LogP contribution is -1.73. The number of aromatic amines is 2. The first kappa shape index (κ1) is 8.74. The van der Waals surface area contributed by atoms with Crippen LogP contribution in [0.3, 0.4) is 0 Å². The minimum atomic E-state index is 0.765. The van der Waals surface area contributed by atoms with Gasteiger partial charge in [0.1, 0.15) is 0 Å². The van der Waals surface area contributed by atoms with Gasteiger partial charge in [0, 0.05) is 12.4 Å². The summed E-state index contributed by atoms with van der Waals surface area (Å²) in [6.45, 7) is 2.09. The van der Waals surface area contributed by atoms with Gasteiger partial charge in [-0.1, -0.05) is 6.92 Å². The van der Waals surface area contributed by atoms with Crippen LogP contribution in [0.1, 0.15) is 12.5 Å². The molecule has 72 valence electrons. The normalized spacial score (nSPS) is 11.2. The summed E-state index contributed by atoms with van der Waals surface area (Å²) in [4.78, 5) is 6.01. The zero-order valence-electron chi connectivity index (χ0n) is 7.99. The Morgan fingerprint density at radius 1 is 1.14 bits per heavy atom. The molecule has 0 saturated heterocycles. The first-order valence-corrected chi connectivity index (χ1v) is 4.61. The molecule has 0 aliphatic heterocycles. The molecule has 2 aromatic heterocycles. The Labute approximate surface area is 82.1 Å². The van der Waals surface area contributed by atoms with Gasteiger partial charge < -0.3 is 9.97 Å². The van der Waals surface area contributed by atoms with Crippen molar-refractivity contribution in [1.82, 2.24) is 9.97 Å². The lowest BCUT2D eigenvalue weighted by Gasteiger charge is -1.91. The first-order chi connectivity index (χ1) is 6.90. The van der Waals surface area contributed by atoms with Gasteiger partial charge in [-0.25, -0.2) is 0 Å². The van der Waals surface area contributed by atoms with E-state index in [1.54, 1.807) is 0 Å². The van der Waals surface area contributed by atoms with Gasteiger partial charge in [-0.05, 0) is 30.2 Å². The molecular formula is C10H12N4. The van der Waals surface area contributed by atoms with E-state index in [-0.39, 0.29) is 0 Å². The molecular weight excluding hydrogens is 176 g/mol. The Morgan fingerprint density at radius 3 is 2.79 bits per heavy atom. The lowest BCUT2D eigenvalue weighted by molar-refractivity contribution is 1.09. The Kier molecular flexibility index (Phi) is 2.44. The highest BCUT2D eigenvalue weighted by Gasteiger charge is 1.98. The van der Waals surface area contributed by atoms with E-state index in [1.807, 2.05) is 30.6 Å². The summed E-state index contributed by atoms with van der Waals surface area (Å²) >= 11 is 0. The number of hydrogen-bond donors (Lipinski definition) is 2. The number of azo groups is 1. The third kappa shape index (κ3) is 1.74. The van der Waals surface area contributed by atoms with Crippen molar-refractivity contribution in [2.24, 2.45) is 10.2 Å². The number of aromatic nitrogens is 2. The molecule has 0 amide bonds. The van der Waals surface area contributed by atoms with Crippen LogP contribution in [0.25, 0.3) is 0 Å². The summed E-state index contributed by atoms with van der Waals surface area (Å²) in [6.07, 6.45) is 4.66. The average Bonchev–Trinajstić information content (AvgIpc) is 2.85. The second-order valence-corrected chi connectivity index (χ2v) is 2.96. The van der Waals surface area contributed by atoms with Crippen molar-refractivity contribution in [3.05, 3.63) is 36.2 Å². The van der Waals surface area contributed by atoms with Crippen LogP contribution in [0, 0.1) is 0 Å². The molecule has 0 atom stereocenters. The molecule has 4 nitrogen and oxygen atoms in total. The molecule has 4 heteroatoms. The number of aryl methyl sites for hydroxylation is 1. The highest BCUT2D eigenvalue weighted by atomic mass is 15.2. The van der Waals surface area contributed by atoms with Gasteiger partial charge in [0.25, 0.3) is 0 Å². The van der Waals surface area contributed by atoms with Gasteiger partial charge in [-0.2, -0.15) is 0 Å². The molecule has 0 radical (unpaired) electrons. The number of rotatable bonds is 3. The molecule has 14 heavy (non-hydrogen) atoms. The van der Waals surface area contributed by atoms with Gasteiger partial charge in [-0.3, -0.25) is 0 Å². The third-order valence-electron chi connectivity index (χ3n) is 2.03. The molecule has 0 unspecified atom stereocenters. The number of nitrogens with zero attached hydrogens (tertiary/aromatic N) is 2. The standard InChI is InChI=1S/C10H12N4/c1-2-8-5-7-12-10(8)14-13-9-4-3-6-11-9/h3-7,11-12H,2H2,1H3. The van der Waals surface area contributed by atoms with Crippen molar-refractivity contribution in [3.63, 3.8) is 0 Å². The Balaban J connectivity index is 2.18. The molecule has 2 N–H and O–H groups in total. The average molecular weight is 188 g/mol. The van der Waals surface area contributed by atoms with Crippen molar-refractivity contribution in [2.75, 3.05) is 0 Å². The highest BCUT2D eigenvalue weighted by molar-refractivity contribution is 5.39. The summed E-state index contributed by atoms with van der Waals surface area (Å²) in [6, 6.07) is 5.78. The van der Waals surface area contributed by atoms with E-state index in [2.05, 4.69) is 27.1 Å². The van der Waals surface area contributed by atoms with Gasteiger partial charge in [0.15, 0.2) is 11.6 Å². The van der Waals surface area contributed by atoms with Crippen LogP contribution < -0.4 is 0 Å². The summed E-state index contributed by atoms with van der Waals surface area (Å²) in [5, 5.41) is 8.17. The van der Waals surface area contributed by atoms with Crippen LogP contribution >= 0.6 is 0 Å². The SMILES string of the molecule is CCc1cc[nH]c1N=Nc1ccc[nH]1. The van der Waals surface area contributed by atoms with Gasteiger partial charge in [0.05, 0.1) is 0 Å². The smallest absolute Gasteiger partial charge is 0.155 e. The molecule has 0 aromatic carbocycles. The summed E-state index contributed by atoms with van der Waals surface area (Å²) in [5.41, 5.74) is 1.18. The quantitative estimate of drug-likeness (QED) is 0.694. The molecule has 2 aromatic rings. The first-order valence-electron chi connectivity index (χ1n) is 4.61. The fourth-order valence-corrected chi connectivity index (χ4v) is 1.26.